The lowest BCUT2D eigenvalue weighted by atomic mass is 9.94. The largest absolute Gasteiger partial charge is 0.460 e. The van der Waals surface area contributed by atoms with Crippen LogP contribution in [0.15, 0.2) is 30.3 Å². The molecule has 5 amide bonds. The summed E-state index contributed by atoms with van der Waals surface area (Å²) in [7, 11) is 0. The maximum absolute atomic E-state index is 13.8. The highest BCUT2D eigenvalue weighted by Gasteiger charge is 2.37. The standard InChI is InChI=1S/C36H55N5O7/c1-6-7-8-10-14-24(4)30-21-31(42)37-22-32(43)41-18-13-17-29(41)35(46)39-27(19-23(2)3)34(45)38-25(5)33(44)40-28(36(47)48-30)20-26-15-11-9-12-16-26/h9,11-12,15-16,23-25,27-30H,6-8,10,13-14,17-22H2,1-5H3,(H,37,42)(H,38,45)(H,39,46)(H,40,44). The lowest BCUT2D eigenvalue weighted by Crippen LogP contribution is -2.57. The number of benzene rings is 1. The molecule has 0 bridgehead atoms. The minimum absolute atomic E-state index is 0.0373. The number of cyclic esters (lactones) is 1. The van der Waals surface area contributed by atoms with Crippen molar-refractivity contribution in [1.82, 2.24) is 26.2 Å². The minimum atomic E-state index is -1.10. The molecule has 0 saturated carbocycles. The highest BCUT2D eigenvalue weighted by molar-refractivity contribution is 5.95. The first-order chi connectivity index (χ1) is 22.9. The van der Waals surface area contributed by atoms with Crippen LogP contribution in [0.5, 0.6) is 0 Å². The number of rotatable bonds is 10. The molecule has 12 nitrogen and oxygen atoms in total. The predicted octanol–water partition coefficient (Wildman–Crippen LogP) is 2.78. The summed E-state index contributed by atoms with van der Waals surface area (Å²) in [6.07, 6.45) is 5.31. The second kappa shape index (κ2) is 19.1. The van der Waals surface area contributed by atoms with E-state index in [4.69, 9.17) is 4.74 Å². The van der Waals surface area contributed by atoms with E-state index in [1.165, 1.54) is 11.8 Å². The third-order valence-corrected chi connectivity index (χ3v) is 9.09. The molecule has 48 heavy (non-hydrogen) atoms. The second-order valence-corrected chi connectivity index (χ2v) is 13.7. The lowest BCUT2D eigenvalue weighted by Gasteiger charge is -2.28. The SMILES string of the molecule is CCCCCCC(C)C1CC(=O)NCC(=O)N2CCCC2C(=O)NC(CC(C)C)C(=O)NC(C)C(=O)NC(Cc2ccccc2)C(=O)O1. The molecule has 2 aliphatic rings. The third-order valence-electron chi connectivity index (χ3n) is 9.09. The summed E-state index contributed by atoms with van der Waals surface area (Å²) in [5.41, 5.74) is 0.788. The first kappa shape index (κ1) is 38.5. The monoisotopic (exact) mass is 669 g/mol. The Balaban J connectivity index is 1.93. The lowest BCUT2D eigenvalue weighted by molar-refractivity contribution is -0.157. The Bertz CT molecular complexity index is 1260. The van der Waals surface area contributed by atoms with Crippen LogP contribution in [-0.4, -0.2) is 83.8 Å². The average Bonchev–Trinajstić information content (AvgIpc) is 3.55. The molecule has 2 saturated heterocycles. The van der Waals surface area contributed by atoms with Crippen molar-refractivity contribution in [1.29, 1.82) is 0 Å². The summed E-state index contributed by atoms with van der Waals surface area (Å²) >= 11 is 0. The van der Waals surface area contributed by atoms with Gasteiger partial charge in [-0.15, -0.1) is 0 Å². The molecular formula is C36H55N5O7. The van der Waals surface area contributed by atoms with Crippen molar-refractivity contribution < 1.29 is 33.5 Å². The molecule has 12 heteroatoms. The molecule has 2 aliphatic heterocycles. The van der Waals surface area contributed by atoms with Crippen LogP contribution in [0.25, 0.3) is 0 Å². The van der Waals surface area contributed by atoms with Gasteiger partial charge in [-0.1, -0.05) is 83.7 Å². The molecule has 3 rings (SSSR count). The van der Waals surface area contributed by atoms with Gasteiger partial charge in [0.05, 0.1) is 13.0 Å². The van der Waals surface area contributed by atoms with Crippen molar-refractivity contribution in [3.63, 3.8) is 0 Å². The second-order valence-electron chi connectivity index (χ2n) is 13.7. The fourth-order valence-corrected chi connectivity index (χ4v) is 6.23. The molecule has 1 aromatic carbocycles. The average molecular weight is 670 g/mol. The maximum atomic E-state index is 13.8. The zero-order valence-corrected chi connectivity index (χ0v) is 29.2. The molecule has 0 spiro atoms. The zero-order chi connectivity index (χ0) is 35.2. The number of hydrogen-bond acceptors (Lipinski definition) is 7. The number of hydrogen-bond donors (Lipinski definition) is 4. The van der Waals surface area contributed by atoms with E-state index in [9.17, 15) is 28.8 Å². The molecule has 6 unspecified atom stereocenters. The molecule has 2 fully saturated rings. The van der Waals surface area contributed by atoms with Gasteiger partial charge in [0.1, 0.15) is 30.3 Å². The highest BCUT2D eigenvalue weighted by atomic mass is 16.5. The van der Waals surface area contributed by atoms with Gasteiger partial charge in [-0.25, -0.2) is 4.79 Å². The fraction of sp³-hybridized carbons (Fsp3) is 0.667. The molecule has 266 valence electrons. The summed E-state index contributed by atoms with van der Waals surface area (Å²) in [5, 5.41) is 10.9. The van der Waals surface area contributed by atoms with E-state index in [-0.39, 0.29) is 31.2 Å². The Morgan fingerprint density at radius 2 is 1.58 bits per heavy atom. The van der Waals surface area contributed by atoms with E-state index in [0.717, 1.165) is 37.7 Å². The van der Waals surface area contributed by atoms with Crippen LogP contribution in [0.3, 0.4) is 0 Å². The molecule has 6 atom stereocenters. The van der Waals surface area contributed by atoms with E-state index in [0.29, 0.717) is 25.8 Å². The van der Waals surface area contributed by atoms with Gasteiger partial charge in [0.15, 0.2) is 0 Å². The van der Waals surface area contributed by atoms with Crippen molar-refractivity contribution in [3.8, 4) is 0 Å². The van der Waals surface area contributed by atoms with Crippen LogP contribution in [0.1, 0.15) is 98.0 Å². The van der Waals surface area contributed by atoms with Gasteiger partial charge in [-0.3, -0.25) is 24.0 Å². The summed E-state index contributed by atoms with van der Waals surface area (Å²) in [6, 6.07) is 5.31. The number of carbonyl (C=O) groups is 6. The molecule has 0 aliphatic carbocycles. The minimum Gasteiger partial charge on any atom is -0.460 e. The normalized spacial score (nSPS) is 25.9. The van der Waals surface area contributed by atoms with Gasteiger partial charge in [0, 0.05) is 13.0 Å². The van der Waals surface area contributed by atoms with Gasteiger partial charge >= 0.3 is 5.97 Å². The molecule has 0 aromatic heterocycles. The fourth-order valence-electron chi connectivity index (χ4n) is 6.23. The number of fused-ring (bicyclic) bond motifs is 1. The Labute approximate surface area is 284 Å². The quantitative estimate of drug-likeness (QED) is 0.220. The first-order valence-electron chi connectivity index (χ1n) is 17.6. The van der Waals surface area contributed by atoms with Gasteiger partial charge in [0.25, 0.3) is 0 Å². The number of amides is 5. The van der Waals surface area contributed by atoms with Gasteiger partial charge in [0.2, 0.25) is 29.5 Å². The van der Waals surface area contributed by atoms with Crippen LogP contribution >= 0.6 is 0 Å². The molecule has 0 radical (unpaired) electrons. The van der Waals surface area contributed by atoms with Crippen LogP contribution in [-0.2, 0) is 39.9 Å². The topological polar surface area (TPSA) is 163 Å². The maximum Gasteiger partial charge on any atom is 0.329 e. The first-order valence-corrected chi connectivity index (χ1v) is 17.6. The Hall–Kier alpha value is -3.96. The van der Waals surface area contributed by atoms with Crippen molar-refractivity contribution >= 4 is 35.5 Å². The van der Waals surface area contributed by atoms with Crippen LogP contribution in [0.4, 0.5) is 0 Å². The Morgan fingerprint density at radius 3 is 2.27 bits per heavy atom. The van der Waals surface area contributed by atoms with Gasteiger partial charge < -0.3 is 30.9 Å². The van der Waals surface area contributed by atoms with Gasteiger partial charge in [-0.2, -0.15) is 0 Å². The van der Waals surface area contributed by atoms with E-state index in [1.54, 1.807) is 0 Å². The Kier molecular flexibility index (Phi) is 15.3. The zero-order valence-electron chi connectivity index (χ0n) is 29.2. The molecule has 2 heterocycles. The van der Waals surface area contributed by atoms with Crippen LogP contribution in [0.2, 0.25) is 0 Å². The third kappa shape index (κ3) is 11.9. The van der Waals surface area contributed by atoms with E-state index in [1.807, 2.05) is 51.1 Å². The van der Waals surface area contributed by atoms with Crippen molar-refractivity contribution in [2.45, 2.75) is 129 Å². The van der Waals surface area contributed by atoms with Crippen molar-refractivity contribution in [3.05, 3.63) is 35.9 Å². The summed E-state index contributed by atoms with van der Waals surface area (Å²) < 4.78 is 6.01. The van der Waals surface area contributed by atoms with E-state index < -0.39 is 65.8 Å². The van der Waals surface area contributed by atoms with E-state index >= 15 is 0 Å². The van der Waals surface area contributed by atoms with Crippen LogP contribution in [0, 0.1) is 11.8 Å². The summed E-state index contributed by atoms with van der Waals surface area (Å²) in [6.45, 7) is 9.43. The molecule has 1 aromatic rings. The predicted molar refractivity (Wildman–Crippen MR) is 181 cm³/mol. The number of ether oxygens (including phenoxy) is 1. The number of unbranched alkanes of at least 4 members (excludes halogenated alkanes) is 3. The van der Waals surface area contributed by atoms with Crippen LogP contribution < -0.4 is 21.3 Å². The van der Waals surface area contributed by atoms with Gasteiger partial charge in [-0.05, 0) is 50.0 Å². The summed E-state index contributed by atoms with van der Waals surface area (Å²) in [4.78, 5) is 82.0. The number of nitrogens with zero attached hydrogens (tertiary/aromatic N) is 1. The molecular weight excluding hydrogens is 614 g/mol. The smallest absolute Gasteiger partial charge is 0.329 e. The number of esters is 1. The van der Waals surface area contributed by atoms with Crippen molar-refractivity contribution in [2.24, 2.45) is 11.8 Å². The molecule has 4 N–H and O–H groups in total. The summed E-state index contributed by atoms with van der Waals surface area (Å²) in [5.74, 6) is -3.28. The number of carbonyl (C=O) groups excluding carboxylic acids is 6. The Morgan fingerprint density at radius 1 is 0.875 bits per heavy atom. The van der Waals surface area contributed by atoms with E-state index in [2.05, 4.69) is 28.2 Å². The van der Waals surface area contributed by atoms with Crippen molar-refractivity contribution in [2.75, 3.05) is 13.1 Å². The highest BCUT2D eigenvalue weighted by Crippen LogP contribution is 2.22. The number of nitrogens with one attached hydrogen (secondary N) is 4.